The number of amides is 1. The highest BCUT2D eigenvalue weighted by molar-refractivity contribution is 9.10. The smallest absolute Gasteiger partial charge is 0.335 e. The van der Waals surface area contributed by atoms with Crippen molar-refractivity contribution in [1.29, 1.82) is 0 Å². The summed E-state index contributed by atoms with van der Waals surface area (Å²) in [7, 11) is 0. The van der Waals surface area contributed by atoms with Gasteiger partial charge in [-0.05, 0) is 36.4 Å². The fourth-order valence-electron chi connectivity index (χ4n) is 3.64. The van der Waals surface area contributed by atoms with E-state index in [1.54, 1.807) is 30.3 Å². The molecule has 1 amide bonds. The van der Waals surface area contributed by atoms with Crippen LogP contribution in [0.15, 0.2) is 82.8 Å². The van der Waals surface area contributed by atoms with Crippen LogP contribution in [0.3, 0.4) is 0 Å². The van der Waals surface area contributed by atoms with Crippen LogP contribution in [0, 0.1) is 5.82 Å². The highest BCUT2D eigenvalue weighted by atomic mass is 79.9. The van der Waals surface area contributed by atoms with Crippen LogP contribution in [0.4, 0.5) is 10.1 Å². The summed E-state index contributed by atoms with van der Waals surface area (Å²) in [5.74, 6) is -4.36. The predicted octanol–water partition coefficient (Wildman–Crippen LogP) is 4.91. The lowest BCUT2D eigenvalue weighted by molar-refractivity contribution is -0.132. The highest BCUT2D eigenvalue weighted by Gasteiger charge is 2.47. The van der Waals surface area contributed by atoms with Crippen LogP contribution in [0.1, 0.15) is 27.5 Å². The van der Waals surface area contributed by atoms with E-state index in [0.717, 1.165) is 9.37 Å². The third kappa shape index (κ3) is 3.69. The lowest BCUT2D eigenvalue weighted by Crippen LogP contribution is -2.30. The fourth-order valence-corrected chi connectivity index (χ4v) is 3.91. The van der Waals surface area contributed by atoms with Crippen LogP contribution >= 0.6 is 15.9 Å². The molecule has 0 aromatic heterocycles. The quantitative estimate of drug-likeness (QED) is 0.304. The molecule has 1 unspecified atom stereocenters. The monoisotopic (exact) mass is 495 g/mol. The summed E-state index contributed by atoms with van der Waals surface area (Å²) >= 11 is 3.29. The minimum Gasteiger partial charge on any atom is -0.507 e. The molecule has 1 heterocycles. The van der Waals surface area contributed by atoms with Crippen LogP contribution in [0.5, 0.6) is 0 Å². The number of aliphatic hydroxyl groups excluding tert-OH is 1. The van der Waals surface area contributed by atoms with Gasteiger partial charge in [-0.25, -0.2) is 9.18 Å². The zero-order valence-corrected chi connectivity index (χ0v) is 17.9. The molecule has 0 radical (unpaired) electrons. The third-order valence-electron chi connectivity index (χ3n) is 5.13. The Hall–Kier alpha value is -3.78. The molecule has 0 bridgehead atoms. The Labute approximate surface area is 190 Å². The molecule has 3 aromatic carbocycles. The SMILES string of the molecule is O=C1C(=O)N(c2cccc(C(=O)O)c2)C(c2ccccc2F)C1=C(O)c1ccc(Br)cc1. The number of benzene rings is 3. The van der Waals surface area contributed by atoms with Crippen molar-refractivity contribution >= 4 is 45.0 Å². The number of aromatic carboxylic acids is 1. The van der Waals surface area contributed by atoms with Crippen LogP contribution in [-0.2, 0) is 9.59 Å². The molecule has 1 aliphatic heterocycles. The van der Waals surface area contributed by atoms with E-state index in [0.29, 0.717) is 0 Å². The molecule has 6 nitrogen and oxygen atoms in total. The van der Waals surface area contributed by atoms with Crippen molar-refractivity contribution in [2.24, 2.45) is 0 Å². The lowest BCUT2D eigenvalue weighted by atomic mass is 9.94. The van der Waals surface area contributed by atoms with Crippen molar-refractivity contribution < 1.29 is 29.0 Å². The Morgan fingerprint density at radius 2 is 1.59 bits per heavy atom. The molecule has 32 heavy (non-hydrogen) atoms. The first-order valence-corrected chi connectivity index (χ1v) is 10.2. The molecule has 1 saturated heterocycles. The molecular formula is C24H15BrFNO5. The Balaban J connectivity index is 1.97. The molecule has 1 aliphatic rings. The van der Waals surface area contributed by atoms with Gasteiger partial charge in [0.15, 0.2) is 0 Å². The summed E-state index contributed by atoms with van der Waals surface area (Å²) in [5, 5.41) is 20.3. The van der Waals surface area contributed by atoms with Crippen molar-refractivity contribution in [3.8, 4) is 0 Å². The normalized spacial score (nSPS) is 17.6. The van der Waals surface area contributed by atoms with E-state index in [4.69, 9.17) is 0 Å². The van der Waals surface area contributed by atoms with Crippen LogP contribution in [0.25, 0.3) is 5.76 Å². The summed E-state index contributed by atoms with van der Waals surface area (Å²) < 4.78 is 15.6. The van der Waals surface area contributed by atoms with Crippen molar-refractivity contribution in [3.63, 3.8) is 0 Å². The Morgan fingerprint density at radius 1 is 0.906 bits per heavy atom. The highest BCUT2D eigenvalue weighted by Crippen LogP contribution is 2.43. The van der Waals surface area contributed by atoms with Gasteiger partial charge < -0.3 is 10.2 Å². The van der Waals surface area contributed by atoms with E-state index in [-0.39, 0.29) is 28.0 Å². The number of nitrogens with zero attached hydrogens (tertiary/aromatic N) is 1. The Bertz CT molecular complexity index is 1290. The van der Waals surface area contributed by atoms with Gasteiger partial charge in [-0.1, -0.05) is 52.3 Å². The van der Waals surface area contributed by atoms with Crippen molar-refractivity contribution in [2.75, 3.05) is 4.90 Å². The van der Waals surface area contributed by atoms with Gasteiger partial charge in [0.25, 0.3) is 11.7 Å². The average molecular weight is 496 g/mol. The van der Waals surface area contributed by atoms with Gasteiger partial charge >= 0.3 is 5.97 Å². The first-order valence-electron chi connectivity index (χ1n) is 9.44. The summed E-state index contributed by atoms with van der Waals surface area (Å²) in [6, 6.07) is 16.2. The number of anilines is 1. The summed E-state index contributed by atoms with van der Waals surface area (Å²) in [4.78, 5) is 38.5. The first kappa shape index (κ1) is 21.5. The molecule has 0 saturated carbocycles. The molecule has 0 spiro atoms. The first-order chi connectivity index (χ1) is 15.3. The molecule has 160 valence electrons. The van der Waals surface area contributed by atoms with E-state index < -0.39 is 35.3 Å². The number of hydrogen-bond acceptors (Lipinski definition) is 4. The van der Waals surface area contributed by atoms with E-state index in [9.17, 15) is 29.0 Å². The molecule has 0 aliphatic carbocycles. The summed E-state index contributed by atoms with van der Waals surface area (Å²) in [6.07, 6.45) is 0. The van der Waals surface area contributed by atoms with E-state index in [1.807, 2.05) is 0 Å². The van der Waals surface area contributed by atoms with Gasteiger partial charge in [-0.3, -0.25) is 14.5 Å². The predicted molar refractivity (Wildman–Crippen MR) is 119 cm³/mol. The van der Waals surface area contributed by atoms with Gasteiger partial charge in [-0.15, -0.1) is 0 Å². The van der Waals surface area contributed by atoms with Crippen LogP contribution < -0.4 is 4.90 Å². The molecule has 3 aromatic rings. The molecule has 1 atom stereocenters. The number of carbonyl (C=O) groups excluding carboxylic acids is 2. The number of carboxylic acid groups (broad SMARTS) is 1. The summed E-state index contributed by atoms with van der Waals surface area (Å²) in [5.41, 5.74) is -0.0410. The van der Waals surface area contributed by atoms with Gasteiger partial charge in [0.2, 0.25) is 0 Å². The average Bonchev–Trinajstić information content (AvgIpc) is 3.04. The van der Waals surface area contributed by atoms with Gasteiger partial charge in [0.05, 0.1) is 17.2 Å². The molecular weight excluding hydrogens is 481 g/mol. The van der Waals surface area contributed by atoms with E-state index in [1.165, 1.54) is 42.5 Å². The number of carbonyl (C=O) groups is 3. The maximum atomic E-state index is 14.8. The van der Waals surface area contributed by atoms with E-state index in [2.05, 4.69) is 15.9 Å². The number of carboxylic acids is 1. The number of hydrogen-bond donors (Lipinski definition) is 2. The minimum absolute atomic E-state index is 0.00825. The van der Waals surface area contributed by atoms with Crippen LogP contribution in [-0.4, -0.2) is 27.9 Å². The summed E-state index contributed by atoms with van der Waals surface area (Å²) in [6.45, 7) is 0. The lowest BCUT2D eigenvalue weighted by Gasteiger charge is -2.26. The maximum absolute atomic E-state index is 14.8. The number of Topliss-reactive ketones (excluding diaryl/α,β-unsaturated/α-hetero) is 1. The van der Waals surface area contributed by atoms with Gasteiger partial charge in [-0.2, -0.15) is 0 Å². The zero-order valence-electron chi connectivity index (χ0n) is 16.3. The van der Waals surface area contributed by atoms with Gasteiger partial charge in [0.1, 0.15) is 11.6 Å². The van der Waals surface area contributed by atoms with Crippen molar-refractivity contribution in [1.82, 2.24) is 0 Å². The topological polar surface area (TPSA) is 94.9 Å². The molecule has 1 fully saturated rings. The maximum Gasteiger partial charge on any atom is 0.335 e. The second-order valence-corrected chi connectivity index (χ2v) is 7.97. The molecule has 8 heteroatoms. The second-order valence-electron chi connectivity index (χ2n) is 7.05. The Kier molecular flexibility index (Phi) is 5.63. The number of aliphatic hydroxyl groups is 1. The largest absolute Gasteiger partial charge is 0.507 e. The second kappa shape index (κ2) is 8.39. The molecule has 4 rings (SSSR count). The van der Waals surface area contributed by atoms with Gasteiger partial charge in [0, 0.05) is 21.3 Å². The van der Waals surface area contributed by atoms with E-state index >= 15 is 0 Å². The minimum atomic E-state index is -1.29. The fraction of sp³-hybridized carbons (Fsp3) is 0.0417. The third-order valence-corrected chi connectivity index (χ3v) is 5.66. The van der Waals surface area contributed by atoms with Crippen LogP contribution in [0.2, 0.25) is 0 Å². The Morgan fingerprint density at radius 3 is 2.25 bits per heavy atom. The number of ketones is 1. The molecule has 2 N–H and O–H groups in total. The zero-order chi connectivity index (χ0) is 23.0. The number of halogens is 2. The van der Waals surface area contributed by atoms with Crippen molar-refractivity contribution in [3.05, 3.63) is 105 Å². The van der Waals surface area contributed by atoms with Crippen molar-refractivity contribution in [2.45, 2.75) is 6.04 Å². The standard InChI is InChI=1S/C24H15BrFNO5/c25-15-10-8-13(9-11-15)21(28)19-20(17-6-1-2-7-18(17)26)27(23(30)22(19)29)16-5-3-4-14(12-16)24(31)32/h1-12,20,28H,(H,31,32). The number of rotatable bonds is 4.